The van der Waals surface area contributed by atoms with Gasteiger partial charge in [-0.05, 0) is 58.6 Å². The van der Waals surface area contributed by atoms with Crippen LogP contribution in [-0.2, 0) is 11.2 Å². The minimum atomic E-state index is -0.120. The summed E-state index contributed by atoms with van der Waals surface area (Å²) in [7, 11) is 1.61. The molecule has 1 atom stereocenters. The lowest BCUT2D eigenvalue weighted by Gasteiger charge is -2.34. The van der Waals surface area contributed by atoms with Crippen LogP contribution >= 0.6 is 22.7 Å². The molecule has 0 radical (unpaired) electrons. The van der Waals surface area contributed by atoms with E-state index in [0.717, 1.165) is 18.5 Å². The minimum Gasteiger partial charge on any atom is -0.355 e. The highest BCUT2D eigenvalue weighted by Crippen LogP contribution is 2.39. The van der Waals surface area contributed by atoms with Crippen molar-refractivity contribution in [2.45, 2.75) is 12.5 Å². The van der Waals surface area contributed by atoms with Gasteiger partial charge in [0.05, 0.1) is 6.04 Å². The number of hydrogen-bond donors (Lipinski definition) is 1. The Morgan fingerprint density at radius 3 is 2.64 bits per heavy atom. The minimum absolute atomic E-state index is 0.00521. The molecule has 4 rings (SSSR count). The second-order valence-corrected chi connectivity index (χ2v) is 8.51. The number of nitrogens with zero attached hydrogens (tertiary/aromatic N) is 1. The summed E-state index contributed by atoms with van der Waals surface area (Å²) >= 11 is 3.46. The molecule has 0 fully saturated rings. The molecule has 142 valence electrons. The van der Waals surface area contributed by atoms with Crippen LogP contribution in [0.3, 0.4) is 0 Å². The van der Waals surface area contributed by atoms with Crippen LogP contribution in [0.2, 0.25) is 0 Å². The van der Waals surface area contributed by atoms with Gasteiger partial charge in [0.2, 0.25) is 5.91 Å². The first-order chi connectivity index (χ1) is 13.7. The van der Waals surface area contributed by atoms with Crippen molar-refractivity contribution in [1.29, 1.82) is 0 Å². The molecule has 1 aromatic carbocycles. The van der Waals surface area contributed by atoms with Crippen LogP contribution in [0.4, 0.5) is 0 Å². The maximum atomic E-state index is 13.0. The third-order valence-electron chi connectivity index (χ3n) is 4.88. The van der Waals surface area contributed by atoms with E-state index in [1.165, 1.54) is 15.3 Å². The predicted octanol–water partition coefficient (Wildman–Crippen LogP) is 4.36. The summed E-state index contributed by atoms with van der Waals surface area (Å²) in [6, 6.07) is 13.5. The highest BCUT2D eigenvalue weighted by Gasteiger charge is 2.32. The van der Waals surface area contributed by atoms with E-state index in [1.54, 1.807) is 47.9 Å². The SMILES string of the molecule is CNC(=O)c1ccc(/C=C/C(=O)N2CCc3sccc3C2c2cccs2)cc1. The van der Waals surface area contributed by atoms with E-state index in [2.05, 4.69) is 28.2 Å². The summed E-state index contributed by atoms with van der Waals surface area (Å²) in [6.07, 6.45) is 4.34. The van der Waals surface area contributed by atoms with Gasteiger partial charge in [-0.1, -0.05) is 18.2 Å². The molecule has 3 aromatic rings. The Morgan fingerprint density at radius 1 is 1.11 bits per heavy atom. The normalized spacial score (nSPS) is 16.2. The summed E-state index contributed by atoms with van der Waals surface area (Å²) in [5.74, 6) is -0.115. The molecule has 1 aliphatic rings. The van der Waals surface area contributed by atoms with E-state index in [1.807, 2.05) is 29.2 Å². The summed E-state index contributed by atoms with van der Waals surface area (Å²) in [5.41, 5.74) is 2.74. The Labute approximate surface area is 172 Å². The number of rotatable bonds is 4. The van der Waals surface area contributed by atoms with Crippen molar-refractivity contribution in [2.24, 2.45) is 0 Å². The molecular formula is C22H20N2O2S2. The molecule has 0 saturated carbocycles. The zero-order chi connectivity index (χ0) is 19.5. The van der Waals surface area contributed by atoms with Gasteiger partial charge in [0.15, 0.2) is 0 Å². The highest BCUT2D eigenvalue weighted by molar-refractivity contribution is 7.10. The number of benzene rings is 1. The first-order valence-corrected chi connectivity index (χ1v) is 10.8. The van der Waals surface area contributed by atoms with Crippen molar-refractivity contribution >= 4 is 40.6 Å². The van der Waals surface area contributed by atoms with Gasteiger partial charge in [0.25, 0.3) is 5.91 Å². The van der Waals surface area contributed by atoms with Gasteiger partial charge in [0, 0.05) is 35.0 Å². The number of hydrogen-bond acceptors (Lipinski definition) is 4. The molecule has 1 unspecified atom stereocenters. The van der Waals surface area contributed by atoms with Crippen molar-refractivity contribution in [3.8, 4) is 0 Å². The lowest BCUT2D eigenvalue weighted by Crippen LogP contribution is -2.38. The topological polar surface area (TPSA) is 49.4 Å². The van der Waals surface area contributed by atoms with Crippen molar-refractivity contribution in [1.82, 2.24) is 10.2 Å². The van der Waals surface area contributed by atoms with Gasteiger partial charge < -0.3 is 10.2 Å². The maximum absolute atomic E-state index is 13.0. The Hall–Kier alpha value is -2.70. The molecule has 2 amide bonds. The Morgan fingerprint density at radius 2 is 1.93 bits per heavy atom. The fourth-order valence-corrected chi connectivity index (χ4v) is 5.22. The maximum Gasteiger partial charge on any atom is 0.251 e. The Balaban J connectivity index is 1.55. The number of amides is 2. The van der Waals surface area contributed by atoms with E-state index < -0.39 is 0 Å². The average Bonchev–Trinajstić information content (AvgIpc) is 3.42. The lowest BCUT2D eigenvalue weighted by molar-refractivity contribution is -0.127. The van der Waals surface area contributed by atoms with E-state index in [0.29, 0.717) is 5.56 Å². The van der Waals surface area contributed by atoms with E-state index in [9.17, 15) is 9.59 Å². The van der Waals surface area contributed by atoms with Gasteiger partial charge in [-0.25, -0.2) is 0 Å². The van der Waals surface area contributed by atoms with E-state index in [-0.39, 0.29) is 17.9 Å². The average molecular weight is 409 g/mol. The molecule has 0 aliphatic carbocycles. The zero-order valence-electron chi connectivity index (χ0n) is 15.4. The fourth-order valence-electron chi connectivity index (χ4n) is 3.46. The standard InChI is InChI=1S/C22H20N2O2S2/c1-23-22(26)16-7-4-15(5-8-16)6-9-20(25)24-12-10-18-17(11-14-28-18)21(24)19-3-2-13-27-19/h2-9,11,13-14,21H,10,12H2,1H3,(H,23,26)/b9-6+. The van der Waals surface area contributed by atoms with Gasteiger partial charge >= 0.3 is 0 Å². The van der Waals surface area contributed by atoms with Crippen LogP contribution in [0, 0.1) is 0 Å². The molecular weight excluding hydrogens is 388 g/mol. The number of thiophene rings is 2. The van der Waals surface area contributed by atoms with Crippen LogP contribution in [-0.4, -0.2) is 30.3 Å². The Bertz CT molecular complexity index is 1000. The predicted molar refractivity (Wildman–Crippen MR) is 115 cm³/mol. The zero-order valence-corrected chi connectivity index (χ0v) is 17.1. The molecule has 0 saturated heterocycles. The molecule has 1 N–H and O–H groups in total. The summed E-state index contributed by atoms with van der Waals surface area (Å²) in [4.78, 5) is 29.2. The number of carbonyl (C=O) groups excluding carboxylic acids is 2. The third kappa shape index (κ3) is 3.66. The van der Waals surface area contributed by atoms with Crippen LogP contribution in [0.15, 0.2) is 59.3 Å². The smallest absolute Gasteiger partial charge is 0.251 e. The molecule has 28 heavy (non-hydrogen) atoms. The van der Waals surface area contributed by atoms with Gasteiger partial charge in [-0.2, -0.15) is 0 Å². The molecule has 0 bridgehead atoms. The number of carbonyl (C=O) groups is 2. The number of fused-ring (bicyclic) bond motifs is 1. The summed E-state index contributed by atoms with van der Waals surface area (Å²) < 4.78 is 0. The first kappa shape index (κ1) is 18.7. The quantitative estimate of drug-likeness (QED) is 0.652. The fraction of sp³-hybridized carbons (Fsp3) is 0.182. The lowest BCUT2D eigenvalue weighted by atomic mass is 9.98. The van der Waals surface area contributed by atoms with Gasteiger partial charge in [-0.15, -0.1) is 22.7 Å². The molecule has 1 aliphatic heterocycles. The van der Waals surface area contributed by atoms with E-state index >= 15 is 0 Å². The summed E-state index contributed by atoms with van der Waals surface area (Å²) in [6.45, 7) is 0.717. The Kier molecular flexibility index (Phi) is 5.41. The number of nitrogens with one attached hydrogen (secondary N) is 1. The van der Waals surface area contributed by atoms with Gasteiger partial charge in [0.1, 0.15) is 0 Å². The first-order valence-electron chi connectivity index (χ1n) is 9.08. The molecule has 2 aromatic heterocycles. The third-order valence-corrected chi connectivity index (χ3v) is 6.80. The van der Waals surface area contributed by atoms with Crippen LogP contribution < -0.4 is 5.32 Å². The highest BCUT2D eigenvalue weighted by atomic mass is 32.1. The summed E-state index contributed by atoms with van der Waals surface area (Å²) in [5, 5.41) is 6.77. The van der Waals surface area contributed by atoms with Crippen molar-refractivity contribution < 1.29 is 9.59 Å². The second-order valence-electron chi connectivity index (χ2n) is 6.53. The van der Waals surface area contributed by atoms with Gasteiger partial charge in [-0.3, -0.25) is 9.59 Å². The molecule has 3 heterocycles. The van der Waals surface area contributed by atoms with Crippen molar-refractivity contribution in [3.05, 3.63) is 85.7 Å². The largest absolute Gasteiger partial charge is 0.355 e. The van der Waals surface area contributed by atoms with Crippen LogP contribution in [0.1, 0.15) is 37.3 Å². The molecule has 0 spiro atoms. The molecule has 6 heteroatoms. The van der Waals surface area contributed by atoms with E-state index in [4.69, 9.17) is 0 Å². The second kappa shape index (κ2) is 8.12. The van der Waals surface area contributed by atoms with Crippen LogP contribution in [0.5, 0.6) is 0 Å². The monoisotopic (exact) mass is 408 g/mol. The van der Waals surface area contributed by atoms with Crippen molar-refractivity contribution in [3.63, 3.8) is 0 Å². The molecule has 4 nitrogen and oxygen atoms in total. The van der Waals surface area contributed by atoms with Crippen LogP contribution in [0.25, 0.3) is 6.08 Å². The van der Waals surface area contributed by atoms with Crippen molar-refractivity contribution in [2.75, 3.05) is 13.6 Å².